The zero-order valence-electron chi connectivity index (χ0n) is 18.0. The van der Waals surface area contributed by atoms with Crippen molar-refractivity contribution in [1.29, 1.82) is 0 Å². The molecule has 164 valence electrons. The lowest BCUT2D eigenvalue weighted by Crippen LogP contribution is -2.49. The Kier molecular flexibility index (Phi) is 6.31. The van der Waals surface area contributed by atoms with E-state index in [1.54, 1.807) is 24.3 Å². The molecule has 0 radical (unpaired) electrons. The molecule has 1 aliphatic heterocycles. The third-order valence-electron chi connectivity index (χ3n) is 5.52. The van der Waals surface area contributed by atoms with Crippen molar-refractivity contribution < 1.29 is 14.4 Å². The first kappa shape index (κ1) is 22.1. The summed E-state index contributed by atoms with van der Waals surface area (Å²) in [6.45, 7) is 3.84. The summed E-state index contributed by atoms with van der Waals surface area (Å²) >= 11 is 6.09. The number of para-hydroxylation sites is 1. The van der Waals surface area contributed by atoms with Crippen LogP contribution in [0.15, 0.2) is 78.9 Å². The summed E-state index contributed by atoms with van der Waals surface area (Å²) in [5.41, 5.74) is 2.15. The van der Waals surface area contributed by atoms with Crippen LogP contribution in [0.5, 0.6) is 0 Å². The zero-order valence-corrected chi connectivity index (χ0v) is 18.8. The number of benzene rings is 3. The summed E-state index contributed by atoms with van der Waals surface area (Å²) in [4.78, 5) is 32.8. The molecule has 1 N–H and O–H groups in total. The van der Waals surface area contributed by atoms with Gasteiger partial charge < -0.3 is 5.32 Å². The maximum absolute atomic E-state index is 13.5. The number of Topliss-reactive ketones (excluding diaryl/α,β-unsaturated/α-hetero) is 1. The van der Waals surface area contributed by atoms with E-state index in [2.05, 4.69) is 5.32 Å². The van der Waals surface area contributed by atoms with Gasteiger partial charge in [0.25, 0.3) is 5.91 Å². The van der Waals surface area contributed by atoms with Crippen LogP contribution in [-0.4, -0.2) is 22.3 Å². The van der Waals surface area contributed by atoms with Crippen LogP contribution in [-0.2, 0) is 16.2 Å². The number of hydroxylamine groups is 2. The van der Waals surface area contributed by atoms with Crippen molar-refractivity contribution in [2.75, 3.05) is 5.32 Å². The monoisotopic (exact) mass is 448 g/mol. The normalized spacial score (nSPS) is 17.3. The Morgan fingerprint density at radius 1 is 1.03 bits per heavy atom. The van der Waals surface area contributed by atoms with E-state index in [1.165, 1.54) is 5.06 Å². The maximum Gasteiger partial charge on any atom is 0.271 e. The molecule has 1 aliphatic rings. The van der Waals surface area contributed by atoms with E-state index in [0.717, 1.165) is 16.8 Å². The van der Waals surface area contributed by atoms with Gasteiger partial charge in [-0.3, -0.25) is 14.4 Å². The fourth-order valence-corrected chi connectivity index (χ4v) is 4.04. The number of hydrogen-bond acceptors (Lipinski definition) is 4. The molecule has 5 nitrogen and oxygen atoms in total. The van der Waals surface area contributed by atoms with Crippen LogP contribution in [0.1, 0.15) is 47.8 Å². The Bertz CT molecular complexity index is 1130. The molecular weight excluding hydrogens is 424 g/mol. The molecule has 0 saturated heterocycles. The number of nitrogens with one attached hydrogen (secondary N) is 1. The molecular formula is C26H25ClN2O3. The number of ketones is 1. The molecule has 1 atom stereocenters. The standard InChI is InChI=1S/C26H25ClN2O3/c1-26(2)25(31)29(32-17-18-9-4-3-5-10-18)23(21-13-6-7-14-22(21)28-26)16-24(30)19-11-8-12-20(27)15-19/h3-15,23,28H,16-17H2,1-2H3. The molecule has 6 heteroatoms. The van der Waals surface area contributed by atoms with E-state index in [9.17, 15) is 9.59 Å². The van der Waals surface area contributed by atoms with Crippen molar-refractivity contribution in [3.05, 3.63) is 101 Å². The summed E-state index contributed by atoms with van der Waals surface area (Å²) in [6, 6.07) is 23.5. The Hall–Kier alpha value is -3.15. The quantitative estimate of drug-likeness (QED) is 0.483. The first-order chi connectivity index (χ1) is 15.3. The molecule has 0 spiro atoms. The number of carbonyl (C=O) groups is 2. The molecule has 0 aliphatic carbocycles. The van der Waals surface area contributed by atoms with Gasteiger partial charge in [-0.15, -0.1) is 0 Å². The van der Waals surface area contributed by atoms with Crippen LogP contribution in [0.25, 0.3) is 0 Å². The van der Waals surface area contributed by atoms with E-state index in [-0.39, 0.29) is 24.7 Å². The zero-order chi connectivity index (χ0) is 22.7. The highest BCUT2D eigenvalue weighted by Crippen LogP contribution is 2.38. The van der Waals surface area contributed by atoms with Crippen molar-refractivity contribution >= 4 is 29.0 Å². The van der Waals surface area contributed by atoms with Crippen molar-refractivity contribution in [1.82, 2.24) is 5.06 Å². The van der Waals surface area contributed by atoms with E-state index in [4.69, 9.17) is 16.4 Å². The summed E-state index contributed by atoms with van der Waals surface area (Å²) in [7, 11) is 0. The van der Waals surface area contributed by atoms with Gasteiger partial charge in [0.1, 0.15) is 12.1 Å². The number of fused-ring (bicyclic) bond motifs is 1. The van der Waals surface area contributed by atoms with Crippen molar-refractivity contribution in [2.24, 2.45) is 0 Å². The summed E-state index contributed by atoms with van der Waals surface area (Å²) in [5.74, 6) is -0.360. The van der Waals surface area contributed by atoms with E-state index in [0.29, 0.717) is 10.6 Å². The largest absolute Gasteiger partial charge is 0.371 e. The van der Waals surface area contributed by atoms with Gasteiger partial charge >= 0.3 is 0 Å². The Balaban J connectivity index is 1.72. The van der Waals surface area contributed by atoms with E-state index < -0.39 is 11.6 Å². The topological polar surface area (TPSA) is 58.6 Å². The van der Waals surface area contributed by atoms with E-state index >= 15 is 0 Å². The minimum atomic E-state index is -0.916. The second-order valence-corrected chi connectivity index (χ2v) is 8.82. The highest BCUT2D eigenvalue weighted by atomic mass is 35.5. The van der Waals surface area contributed by atoms with Crippen molar-refractivity contribution in [2.45, 2.75) is 38.5 Å². The average Bonchev–Trinajstić information content (AvgIpc) is 2.86. The van der Waals surface area contributed by atoms with Crippen LogP contribution >= 0.6 is 11.6 Å². The number of rotatable bonds is 6. The number of anilines is 1. The van der Waals surface area contributed by atoms with Gasteiger partial charge in [0.2, 0.25) is 0 Å². The fourth-order valence-electron chi connectivity index (χ4n) is 3.85. The first-order valence-electron chi connectivity index (χ1n) is 10.5. The third-order valence-corrected chi connectivity index (χ3v) is 5.76. The third kappa shape index (κ3) is 4.69. The molecule has 0 saturated carbocycles. The minimum absolute atomic E-state index is 0.0651. The molecule has 0 bridgehead atoms. The van der Waals surface area contributed by atoms with Gasteiger partial charge in [0.05, 0.1) is 6.04 Å². The second kappa shape index (κ2) is 9.15. The fraction of sp³-hybridized carbons (Fsp3) is 0.231. The Labute approximate surface area is 192 Å². The highest BCUT2D eigenvalue weighted by molar-refractivity contribution is 6.31. The lowest BCUT2D eigenvalue weighted by molar-refractivity contribution is -0.209. The molecule has 1 heterocycles. The van der Waals surface area contributed by atoms with Gasteiger partial charge in [-0.05, 0) is 37.6 Å². The summed E-state index contributed by atoms with van der Waals surface area (Å²) < 4.78 is 0. The Morgan fingerprint density at radius 2 is 1.75 bits per heavy atom. The summed E-state index contributed by atoms with van der Waals surface area (Å²) in [6.07, 6.45) is 0.0651. The molecule has 0 aromatic heterocycles. The van der Waals surface area contributed by atoms with Crippen molar-refractivity contribution in [3.8, 4) is 0 Å². The van der Waals surface area contributed by atoms with Gasteiger partial charge in [0, 0.05) is 28.3 Å². The predicted molar refractivity (Wildman–Crippen MR) is 125 cm³/mol. The maximum atomic E-state index is 13.5. The lowest BCUT2D eigenvalue weighted by Gasteiger charge is -2.33. The first-order valence-corrected chi connectivity index (χ1v) is 10.9. The molecule has 1 unspecified atom stereocenters. The van der Waals surface area contributed by atoms with Crippen LogP contribution in [0.2, 0.25) is 5.02 Å². The predicted octanol–water partition coefficient (Wildman–Crippen LogP) is 5.82. The molecule has 3 aromatic rings. The van der Waals surface area contributed by atoms with E-state index in [1.807, 2.05) is 68.4 Å². The molecule has 32 heavy (non-hydrogen) atoms. The number of carbonyl (C=O) groups excluding carboxylic acids is 2. The van der Waals surface area contributed by atoms with Gasteiger partial charge in [-0.1, -0.05) is 72.3 Å². The minimum Gasteiger partial charge on any atom is -0.371 e. The molecule has 1 amide bonds. The number of hydrogen-bond donors (Lipinski definition) is 1. The molecule has 4 rings (SSSR count). The van der Waals surface area contributed by atoms with Crippen LogP contribution < -0.4 is 5.32 Å². The van der Waals surface area contributed by atoms with Gasteiger partial charge in [-0.2, -0.15) is 0 Å². The SMILES string of the molecule is CC1(C)Nc2ccccc2C(CC(=O)c2cccc(Cl)c2)N(OCc2ccccc2)C1=O. The van der Waals surface area contributed by atoms with Crippen LogP contribution in [0.3, 0.4) is 0 Å². The van der Waals surface area contributed by atoms with Gasteiger partial charge in [0.15, 0.2) is 5.78 Å². The summed E-state index contributed by atoms with van der Waals surface area (Å²) in [5, 5.41) is 5.19. The smallest absolute Gasteiger partial charge is 0.271 e. The molecule has 3 aromatic carbocycles. The number of amides is 1. The number of nitrogens with zero attached hydrogens (tertiary/aromatic N) is 1. The van der Waals surface area contributed by atoms with Crippen LogP contribution in [0.4, 0.5) is 5.69 Å². The number of halogens is 1. The Morgan fingerprint density at radius 3 is 2.50 bits per heavy atom. The lowest BCUT2D eigenvalue weighted by atomic mass is 9.96. The van der Waals surface area contributed by atoms with Crippen LogP contribution in [0, 0.1) is 0 Å². The molecule has 0 fully saturated rings. The van der Waals surface area contributed by atoms with Gasteiger partial charge in [-0.25, -0.2) is 5.06 Å². The second-order valence-electron chi connectivity index (χ2n) is 8.38. The average molecular weight is 449 g/mol. The van der Waals surface area contributed by atoms with Crippen molar-refractivity contribution in [3.63, 3.8) is 0 Å². The highest BCUT2D eigenvalue weighted by Gasteiger charge is 2.42.